The molecule has 0 heterocycles. The van der Waals surface area contributed by atoms with Crippen LogP contribution in [0.5, 0.6) is 5.75 Å². The Morgan fingerprint density at radius 1 is 0.698 bits per heavy atom. The van der Waals surface area contributed by atoms with E-state index in [4.69, 9.17) is 16.3 Å². The molecule has 3 amide bonds. The Hall–Kier alpha value is -6.73. The molecule has 5 aromatic carbocycles. The van der Waals surface area contributed by atoms with Gasteiger partial charge in [-0.3, -0.25) is 24.6 Å². The minimum Gasteiger partial charge on any atom is -0.495 e. The van der Waals surface area contributed by atoms with E-state index in [0.717, 1.165) is 18.2 Å². The van der Waals surface area contributed by atoms with Gasteiger partial charge >= 0.3 is 6.18 Å². The number of anilines is 4. The minimum absolute atomic E-state index is 0.00274. The summed E-state index contributed by atoms with van der Waals surface area (Å²) in [4.78, 5) is 52.8. The molecule has 0 spiro atoms. The minimum atomic E-state index is -4.65. The molecule has 0 aromatic heterocycles. The van der Waals surface area contributed by atoms with Crippen molar-refractivity contribution in [2.75, 3.05) is 28.5 Å². The third-order valence-electron chi connectivity index (χ3n) is 7.95. The van der Waals surface area contributed by atoms with Crippen LogP contribution >= 0.6 is 11.6 Å². The molecule has 0 fully saturated rings. The molecule has 0 bridgehead atoms. The number of carbonyl (C=O) groups is 4. The maximum atomic E-state index is 13.8. The zero-order chi connectivity index (χ0) is 37.7. The van der Waals surface area contributed by atoms with Crippen molar-refractivity contribution in [2.45, 2.75) is 6.18 Å². The van der Waals surface area contributed by atoms with Gasteiger partial charge in [0, 0.05) is 28.1 Å². The highest BCUT2D eigenvalue weighted by Crippen LogP contribution is 2.34. The van der Waals surface area contributed by atoms with E-state index < -0.39 is 29.3 Å². The molecule has 0 radical (unpaired) electrons. The van der Waals surface area contributed by atoms with Crippen molar-refractivity contribution >= 4 is 69.6 Å². The number of hydrazone groups is 1. The maximum Gasteiger partial charge on any atom is 0.416 e. The van der Waals surface area contributed by atoms with Crippen LogP contribution in [0, 0.1) is 0 Å². The first kappa shape index (κ1) is 36.1. The quantitative estimate of drug-likeness (QED) is 0.0888. The summed E-state index contributed by atoms with van der Waals surface area (Å²) in [7, 11) is 1.37. The fraction of sp³-hybridized carbons (Fsp3) is 0.0513. The molecule has 0 saturated carbocycles. The molecule has 10 nitrogen and oxygen atoms in total. The summed E-state index contributed by atoms with van der Waals surface area (Å²) in [6, 6.07) is 28.5. The van der Waals surface area contributed by atoms with Gasteiger partial charge in [0.15, 0.2) is 0 Å². The van der Waals surface area contributed by atoms with Crippen LogP contribution < -0.4 is 26.1 Å². The van der Waals surface area contributed by atoms with Crippen molar-refractivity contribution in [1.82, 2.24) is 0 Å². The molecule has 0 unspecified atom stereocenters. The Balaban J connectivity index is 1.20. The Bertz CT molecular complexity index is 2310. The molecule has 0 saturated heterocycles. The summed E-state index contributed by atoms with van der Waals surface area (Å²) < 4.78 is 45.2. The number of hydrogen-bond acceptors (Lipinski definition) is 7. The number of rotatable bonds is 9. The molecule has 266 valence electrons. The van der Waals surface area contributed by atoms with Gasteiger partial charge < -0.3 is 20.7 Å². The van der Waals surface area contributed by atoms with Gasteiger partial charge in [-0.1, -0.05) is 54.1 Å². The van der Waals surface area contributed by atoms with Gasteiger partial charge in [-0.2, -0.15) is 18.3 Å². The lowest BCUT2D eigenvalue weighted by molar-refractivity contribution is -0.137. The molecule has 14 heteroatoms. The van der Waals surface area contributed by atoms with Crippen molar-refractivity contribution < 1.29 is 37.1 Å². The monoisotopic (exact) mass is 737 g/mol. The predicted octanol–water partition coefficient (Wildman–Crippen LogP) is 8.29. The van der Waals surface area contributed by atoms with E-state index in [2.05, 4.69) is 26.5 Å². The summed E-state index contributed by atoms with van der Waals surface area (Å²) in [6.07, 6.45) is -3.20. The Morgan fingerprint density at radius 2 is 1.34 bits per heavy atom. The third-order valence-corrected chi connectivity index (χ3v) is 8.28. The number of benzene rings is 5. The topological polar surface area (TPSA) is 138 Å². The SMILES string of the molecule is COc1ccc(C(=O)Nc2cc(C(F)(F)F)ccc2Cl)cc1NN=C1C(=O)C(C(=O)Nc2ccc(NC(=O)c3ccccc3)cc2)=Cc2ccccc21. The first-order valence-corrected chi connectivity index (χ1v) is 16.1. The van der Waals surface area contributed by atoms with Crippen molar-refractivity contribution in [2.24, 2.45) is 5.10 Å². The Kier molecular flexibility index (Phi) is 10.4. The summed E-state index contributed by atoms with van der Waals surface area (Å²) in [5, 5.41) is 12.1. The largest absolute Gasteiger partial charge is 0.495 e. The lowest BCUT2D eigenvalue weighted by atomic mass is 9.89. The molecule has 0 atom stereocenters. The third kappa shape index (κ3) is 8.26. The number of methoxy groups -OCH3 is 1. The summed E-state index contributed by atoms with van der Waals surface area (Å²) in [6.45, 7) is 0. The normalized spacial score (nSPS) is 13.0. The average Bonchev–Trinajstić information content (AvgIpc) is 3.15. The number of nitrogens with one attached hydrogen (secondary N) is 4. The maximum absolute atomic E-state index is 13.8. The van der Waals surface area contributed by atoms with Gasteiger partial charge in [-0.15, -0.1) is 0 Å². The van der Waals surface area contributed by atoms with E-state index in [-0.39, 0.29) is 44.9 Å². The van der Waals surface area contributed by atoms with Crippen LogP contribution in [0.2, 0.25) is 5.02 Å². The average molecular weight is 738 g/mol. The smallest absolute Gasteiger partial charge is 0.416 e. The number of Topliss-reactive ketones (excluding diaryl/α,β-unsaturated/α-hetero) is 1. The van der Waals surface area contributed by atoms with Crippen molar-refractivity contribution in [3.05, 3.63) is 154 Å². The number of hydrogen-bond donors (Lipinski definition) is 4. The predicted molar refractivity (Wildman–Crippen MR) is 196 cm³/mol. The first-order valence-electron chi connectivity index (χ1n) is 15.7. The van der Waals surface area contributed by atoms with Crippen LogP contribution in [-0.4, -0.2) is 36.3 Å². The first-order chi connectivity index (χ1) is 25.4. The highest BCUT2D eigenvalue weighted by molar-refractivity contribution is 6.59. The van der Waals surface area contributed by atoms with Gasteiger partial charge in [-0.05, 0) is 84.4 Å². The fourth-order valence-corrected chi connectivity index (χ4v) is 5.43. The number of fused-ring (bicyclic) bond motifs is 1. The fourth-order valence-electron chi connectivity index (χ4n) is 5.26. The highest BCUT2D eigenvalue weighted by atomic mass is 35.5. The van der Waals surface area contributed by atoms with E-state index in [1.165, 1.54) is 31.4 Å². The van der Waals surface area contributed by atoms with Gasteiger partial charge in [0.25, 0.3) is 17.7 Å². The van der Waals surface area contributed by atoms with Crippen molar-refractivity contribution in [1.29, 1.82) is 0 Å². The summed E-state index contributed by atoms with van der Waals surface area (Å²) >= 11 is 6.06. The number of carbonyl (C=O) groups excluding carboxylic acids is 4. The molecule has 53 heavy (non-hydrogen) atoms. The van der Waals surface area contributed by atoms with E-state index >= 15 is 0 Å². The summed E-state index contributed by atoms with van der Waals surface area (Å²) in [5.74, 6) is -2.27. The van der Waals surface area contributed by atoms with Crippen LogP contribution in [-0.2, 0) is 15.8 Å². The number of alkyl halides is 3. The van der Waals surface area contributed by atoms with Crippen LogP contribution in [0.4, 0.5) is 35.9 Å². The van der Waals surface area contributed by atoms with Crippen molar-refractivity contribution in [3.8, 4) is 5.75 Å². The number of ether oxygens (including phenoxy) is 1. The number of ketones is 1. The molecule has 6 rings (SSSR count). The van der Waals surface area contributed by atoms with Crippen LogP contribution in [0.3, 0.4) is 0 Å². The molecule has 4 N–H and O–H groups in total. The van der Waals surface area contributed by atoms with Gasteiger partial charge in [-0.25, -0.2) is 0 Å². The van der Waals surface area contributed by atoms with Crippen LogP contribution in [0.25, 0.3) is 6.08 Å². The van der Waals surface area contributed by atoms with E-state index in [9.17, 15) is 32.3 Å². The second kappa shape index (κ2) is 15.3. The van der Waals surface area contributed by atoms with Crippen LogP contribution in [0.15, 0.2) is 126 Å². The number of halogens is 4. The van der Waals surface area contributed by atoms with Crippen LogP contribution in [0.1, 0.15) is 37.4 Å². The zero-order valence-corrected chi connectivity index (χ0v) is 28.3. The molecular weight excluding hydrogens is 711 g/mol. The molecule has 1 aliphatic carbocycles. The number of nitrogens with zero attached hydrogens (tertiary/aromatic N) is 1. The molecule has 1 aliphatic rings. The number of amides is 3. The van der Waals surface area contributed by atoms with E-state index in [1.54, 1.807) is 78.9 Å². The Labute approximate surface area is 305 Å². The standard InChI is InChI=1S/C39H27ClF3N5O5/c1-53-33-18-11-24(37(51)46-31-21-25(39(41,42)43)12-17-30(31)40)20-32(33)47-48-34-28-10-6-5-9-23(28)19-29(35(34)49)38(52)45-27-15-13-26(14-16-27)44-36(50)22-7-3-2-4-8-22/h2-21,47H,1H3,(H,44,50)(H,45,52)(H,46,51). The van der Waals surface area contributed by atoms with E-state index in [1.807, 2.05) is 0 Å². The summed E-state index contributed by atoms with van der Waals surface area (Å²) in [5.41, 5.74) is 3.62. The van der Waals surface area contributed by atoms with Crippen molar-refractivity contribution in [3.63, 3.8) is 0 Å². The second-order valence-electron chi connectivity index (χ2n) is 11.5. The highest BCUT2D eigenvalue weighted by Gasteiger charge is 2.32. The molecule has 5 aromatic rings. The lowest BCUT2D eigenvalue weighted by Gasteiger charge is -2.18. The van der Waals surface area contributed by atoms with Gasteiger partial charge in [0.2, 0.25) is 5.78 Å². The molecule has 0 aliphatic heterocycles. The van der Waals surface area contributed by atoms with Gasteiger partial charge in [0.1, 0.15) is 11.5 Å². The van der Waals surface area contributed by atoms with E-state index in [0.29, 0.717) is 28.1 Å². The zero-order valence-electron chi connectivity index (χ0n) is 27.5. The Morgan fingerprint density at radius 3 is 2.02 bits per heavy atom. The van der Waals surface area contributed by atoms with Gasteiger partial charge in [0.05, 0.1) is 34.6 Å². The second-order valence-corrected chi connectivity index (χ2v) is 11.9. The lowest BCUT2D eigenvalue weighted by Crippen LogP contribution is -2.30. The molecular formula is C39H27ClF3N5O5.